The molecule has 0 saturated carbocycles. The van der Waals surface area contributed by atoms with Crippen molar-refractivity contribution in [3.05, 3.63) is 59.7 Å². The molecule has 0 saturated heterocycles. The summed E-state index contributed by atoms with van der Waals surface area (Å²) in [5.41, 5.74) is 7.30. The number of hydrogen-bond acceptors (Lipinski definition) is 3. The molecule has 2 N–H and O–H groups in total. The number of halogens is 1. The van der Waals surface area contributed by atoms with Crippen LogP contribution in [-0.4, -0.2) is 11.6 Å². The molecular weight excluding hydrogens is 231 g/mol. The Bertz CT molecular complexity index is 502. The Morgan fingerprint density at radius 3 is 2.83 bits per heavy atom. The zero-order chi connectivity index (χ0) is 12.8. The second-order valence-corrected chi connectivity index (χ2v) is 3.96. The summed E-state index contributed by atoms with van der Waals surface area (Å²) in [6, 6.07) is 8.39. The normalized spacial score (nSPS) is 10.3. The van der Waals surface area contributed by atoms with Gasteiger partial charge in [-0.1, -0.05) is 6.07 Å². The lowest BCUT2D eigenvalue weighted by molar-refractivity contribution is 0.319. The molecule has 2 aromatic rings. The van der Waals surface area contributed by atoms with E-state index in [1.54, 1.807) is 18.5 Å². The number of hydrogen-bond donors (Lipinski definition) is 1. The summed E-state index contributed by atoms with van der Waals surface area (Å²) in [6.07, 6.45) is 4.26. The first kappa shape index (κ1) is 12.5. The Morgan fingerprint density at radius 1 is 1.22 bits per heavy atom. The van der Waals surface area contributed by atoms with Gasteiger partial charge in [0, 0.05) is 31.4 Å². The average molecular weight is 246 g/mol. The molecule has 1 heterocycles. The van der Waals surface area contributed by atoms with Gasteiger partial charge in [0.2, 0.25) is 0 Å². The van der Waals surface area contributed by atoms with Crippen molar-refractivity contribution in [1.29, 1.82) is 0 Å². The van der Waals surface area contributed by atoms with Gasteiger partial charge in [-0.25, -0.2) is 4.39 Å². The molecule has 0 amide bonds. The van der Waals surface area contributed by atoms with Crippen molar-refractivity contribution in [2.45, 2.75) is 13.0 Å². The van der Waals surface area contributed by atoms with Crippen molar-refractivity contribution in [3.8, 4) is 5.75 Å². The molecule has 0 aliphatic rings. The predicted octanol–water partition coefficient (Wildman–Crippen LogP) is 2.30. The summed E-state index contributed by atoms with van der Waals surface area (Å²) in [4.78, 5) is 4.02. The Labute approximate surface area is 105 Å². The monoisotopic (exact) mass is 246 g/mol. The molecule has 0 spiro atoms. The van der Waals surface area contributed by atoms with Crippen LogP contribution in [-0.2, 0) is 13.0 Å². The number of ether oxygens (including phenoxy) is 1. The van der Waals surface area contributed by atoms with Gasteiger partial charge in [0.25, 0.3) is 0 Å². The van der Waals surface area contributed by atoms with Crippen LogP contribution in [0.25, 0.3) is 0 Å². The molecule has 4 heteroatoms. The fourth-order valence-electron chi connectivity index (χ4n) is 1.65. The first-order chi connectivity index (χ1) is 8.78. The number of aromatic nitrogens is 1. The van der Waals surface area contributed by atoms with Crippen LogP contribution in [0.3, 0.4) is 0 Å². The fraction of sp³-hybridized carbons (Fsp3) is 0.214. The van der Waals surface area contributed by atoms with Gasteiger partial charge in [0.05, 0.1) is 6.61 Å². The molecule has 0 aliphatic heterocycles. The molecule has 94 valence electrons. The third kappa shape index (κ3) is 3.53. The molecule has 1 aromatic carbocycles. The van der Waals surface area contributed by atoms with Crippen LogP contribution < -0.4 is 10.5 Å². The highest BCUT2D eigenvalue weighted by Gasteiger charge is 2.01. The standard InChI is InChI=1S/C14H15FN2O/c15-13-6-12(9-16)7-14(8-13)18-5-3-11-2-1-4-17-10-11/h1-2,4,6-8,10H,3,5,9,16H2. The van der Waals surface area contributed by atoms with Crippen LogP contribution in [0.2, 0.25) is 0 Å². The fourth-order valence-corrected chi connectivity index (χ4v) is 1.65. The topological polar surface area (TPSA) is 48.1 Å². The van der Waals surface area contributed by atoms with Crippen molar-refractivity contribution in [2.75, 3.05) is 6.61 Å². The van der Waals surface area contributed by atoms with Gasteiger partial charge < -0.3 is 10.5 Å². The summed E-state index contributed by atoms with van der Waals surface area (Å²) in [5, 5.41) is 0. The highest BCUT2D eigenvalue weighted by molar-refractivity contribution is 5.29. The van der Waals surface area contributed by atoms with E-state index >= 15 is 0 Å². The van der Waals surface area contributed by atoms with E-state index in [2.05, 4.69) is 4.98 Å². The highest BCUT2D eigenvalue weighted by Crippen LogP contribution is 2.16. The van der Waals surface area contributed by atoms with Crippen molar-refractivity contribution in [2.24, 2.45) is 5.73 Å². The van der Waals surface area contributed by atoms with Crippen LogP contribution in [0.15, 0.2) is 42.7 Å². The highest BCUT2D eigenvalue weighted by atomic mass is 19.1. The second kappa shape index (κ2) is 6.12. The molecule has 0 atom stereocenters. The van der Waals surface area contributed by atoms with Crippen LogP contribution in [0.5, 0.6) is 5.75 Å². The van der Waals surface area contributed by atoms with E-state index in [0.717, 1.165) is 17.5 Å². The summed E-state index contributed by atoms with van der Waals surface area (Å²) < 4.78 is 18.7. The Kier molecular flexibility index (Phi) is 4.25. The van der Waals surface area contributed by atoms with Gasteiger partial charge in [0.15, 0.2) is 0 Å². The first-order valence-corrected chi connectivity index (χ1v) is 5.79. The molecule has 2 rings (SSSR count). The van der Waals surface area contributed by atoms with Crippen molar-refractivity contribution in [3.63, 3.8) is 0 Å². The van der Waals surface area contributed by atoms with E-state index in [1.165, 1.54) is 12.1 Å². The SMILES string of the molecule is NCc1cc(F)cc(OCCc2cccnc2)c1. The molecule has 18 heavy (non-hydrogen) atoms. The number of rotatable bonds is 5. The van der Waals surface area contributed by atoms with Crippen LogP contribution >= 0.6 is 0 Å². The molecule has 3 nitrogen and oxygen atoms in total. The van der Waals surface area contributed by atoms with Crippen LogP contribution in [0, 0.1) is 5.82 Å². The minimum absolute atomic E-state index is 0.302. The third-order valence-corrected chi connectivity index (χ3v) is 2.55. The molecule has 0 radical (unpaired) electrons. The lowest BCUT2D eigenvalue weighted by Gasteiger charge is -2.08. The molecule has 0 unspecified atom stereocenters. The lowest BCUT2D eigenvalue weighted by atomic mass is 10.2. The maximum atomic E-state index is 13.2. The van der Waals surface area contributed by atoms with Gasteiger partial charge >= 0.3 is 0 Å². The van der Waals surface area contributed by atoms with E-state index in [0.29, 0.717) is 18.9 Å². The van der Waals surface area contributed by atoms with Crippen molar-refractivity contribution in [1.82, 2.24) is 4.98 Å². The second-order valence-electron chi connectivity index (χ2n) is 3.96. The molecule has 0 fully saturated rings. The smallest absolute Gasteiger partial charge is 0.127 e. The molecule has 0 aliphatic carbocycles. The number of nitrogens with two attached hydrogens (primary N) is 1. The average Bonchev–Trinajstić information content (AvgIpc) is 2.39. The number of pyridine rings is 1. The van der Waals surface area contributed by atoms with E-state index in [1.807, 2.05) is 12.1 Å². The minimum atomic E-state index is -0.325. The van der Waals surface area contributed by atoms with E-state index in [-0.39, 0.29) is 5.82 Å². The van der Waals surface area contributed by atoms with Crippen LogP contribution in [0.1, 0.15) is 11.1 Å². The molecular formula is C14H15FN2O. The van der Waals surface area contributed by atoms with E-state index in [4.69, 9.17) is 10.5 Å². The largest absolute Gasteiger partial charge is 0.493 e. The number of benzene rings is 1. The summed E-state index contributed by atoms with van der Waals surface area (Å²) in [5.74, 6) is 0.189. The third-order valence-electron chi connectivity index (χ3n) is 2.55. The van der Waals surface area contributed by atoms with Crippen molar-refractivity contribution >= 4 is 0 Å². The maximum Gasteiger partial charge on any atom is 0.127 e. The Morgan fingerprint density at radius 2 is 2.11 bits per heavy atom. The summed E-state index contributed by atoms with van der Waals surface area (Å²) >= 11 is 0. The summed E-state index contributed by atoms with van der Waals surface area (Å²) in [7, 11) is 0. The van der Waals surface area contributed by atoms with Gasteiger partial charge in [-0.05, 0) is 29.3 Å². The van der Waals surface area contributed by atoms with E-state index < -0.39 is 0 Å². The van der Waals surface area contributed by atoms with Gasteiger partial charge in [-0.15, -0.1) is 0 Å². The predicted molar refractivity (Wildman–Crippen MR) is 67.7 cm³/mol. The number of nitrogens with zero attached hydrogens (tertiary/aromatic N) is 1. The Hall–Kier alpha value is -1.94. The zero-order valence-electron chi connectivity index (χ0n) is 9.97. The quantitative estimate of drug-likeness (QED) is 0.880. The Balaban J connectivity index is 1.92. The van der Waals surface area contributed by atoms with Gasteiger partial charge in [0.1, 0.15) is 11.6 Å². The maximum absolute atomic E-state index is 13.2. The van der Waals surface area contributed by atoms with Crippen LogP contribution in [0.4, 0.5) is 4.39 Å². The van der Waals surface area contributed by atoms with Crippen molar-refractivity contribution < 1.29 is 9.13 Å². The molecule has 1 aromatic heterocycles. The van der Waals surface area contributed by atoms with Gasteiger partial charge in [-0.3, -0.25) is 4.98 Å². The molecule has 0 bridgehead atoms. The zero-order valence-corrected chi connectivity index (χ0v) is 9.97. The van der Waals surface area contributed by atoms with Gasteiger partial charge in [-0.2, -0.15) is 0 Å². The van der Waals surface area contributed by atoms with E-state index in [9.17, 15) is 4.39 Å². The summed E-state index contributed by atoms with van der Waals surface area (Å²) in [6.45, 7) is 0.788. The lowest BCUT2D eigenvalue weighted by Crippen LogP contribution is -2.03. The first-order valence-electron chi connectivity index (χ1n) is 5.79. The minimum Gasteiger partial charge on any atom is -0.493 e.